The van der Waals surface area contributed by atoms with Gasteiger partial charge in [-0.3, -0.25) is 4.79 Å². The number of ketones is 1. The molecule has 100 valence electrons. The summed E-state index contributed by atoms with van der Waals surface area (Å²) in [4.78, 5) is 11.0. The van der Waals surface area contributed by atoms with Crippen LogP contribution in [0.2, 0.25) is 0 Å². The van der Waals surface area contributed by atoms with E-state index in [9.17, 15) is 18.0 Å². The molecule has 2 rings (SSSR count). The molecule has 1 fully saturated rings. The van der Waals surface area contributed by atoms with E-state index in [4.69, 9.17) is 4.74 Å². The summed E-state index contributed by atoms with van der Waals surface area (Å²) in [5.74, 6) is -1.79. The number of Topliss-reactive ketones (excluding diaryl/α,β-unsaturated/α-hetero) is 1. The van der Waals surface area contributed by atoms with E-state index < -0.39 is 12.0 Å². The summed E-state index contributed by atoms with van der Waals surface area (Å²) >= 11 is 0. The summed E-state index contributed by atoms with van der Waals surface area (Å²) in [6, 6.07) is 1.20. The zero-order valence-electron chi connectivity index (χ0n) is 9.74. The Balaban J connectivity index is 1.91. The lowest BCUT2D eigenvalue weighted by Crippen LogP contribution is -2.22. The molecule has 1 saturated heterocycles. The zero-order valence-corrected chi connectivity index (χ0v) is 9.74. The molecule has 0 radical (unpaired) electrons. The molecule has 0 spiro atoms. The van der Waals surface area contributed by atoms with Gasteiger partial charge in [-0.2, -0.15) is 13.2 Å². The number of ether oxygens (including phenoxy) is 1. The smallest absolute Gasteiger partial charge is 0.378 e. The van der Waals surface area contributed by atoms with E-state index in [-0.39, 0.29) is 11.7 Å². The van der Waals surface area contributed by atoms with Crippen molar-refractivity contribution in [1.82, 2.24) is 4.57 Å². The van der Waals surface area contributed by atoms with Crippen LogP contribution in [-0.2, 0) is 11.3 Å². The molecule has 1 aromatic rings. The van der Waals surface area contributed by atoms with Gasteiger partial charge in [-0.05, 0) is 25.3 Å². The van der Waals surface area contributed by atoms with Gasteiger partial charge in [0.15, 0.2) is 0 Å². The van der Waals surface area contributed by atoms with Crippen molar-refractivity contribution in [3.63, 3.8) is 0 Å². The molecule has 0 amide bonds. The van der Waals surface area contributed by atoms with Crippen molar-refractivity contribution >= 4 is 5.78 Å². The molecule has 1 aromatic heterocycles. The first-order chi connectivity index (χ1) is 8.47. The normalized spacial score (nSPS) is 20.3. The number of carbonyl (C=O) groups is 1. The number of hydrogen-bond donors (Lipinski definition) is 0. The van der Waals surface area contributed by atoms with Gasteiger partial charge in [0.05, 0.1) is 6.10 Å². The van der Waals surface area contributed by atoms with Crippen LogP contribution >= 0.6 is 0 Å². The predicted octanol–water partition coefficient (Wildman–Crippen LogP) is 2.80. The highest BCUT2D eigenvalue weighted by molar-refractivity contribution is 6.00. The molecule has 1 atom stereocenters. The second-order valence-electron chi connectivity index (χ2n) is 4.39. The van der Waals surface area contributed by atoms with Gasteiger partial charge >= 0.3 is 6.18 Å². The highest BCUT2D eigenvalue weighted by atomic mass is 19.4. The van der Waals surface area contributed by atoms with Crippen LogP contribution < -0.4 is 0 Å². The Labute approximate surface area is 103 Å². The fourth-order valence-electron chi connectivity index (χ4n) is 2.04. The summed E-state index contributed by atoms with van der Waals surface area (Å²) in [7, 11) is 0. The van der Waals surface area contributed by atoms with Crippen LogP contribution in [0.5, 0.6) is 0 Å². The van der Waals surface area contributed by atoms with E-state index in [2.05, 4.69) is 0 Å². The molecule has 1 aliphatic rings. The van der Waals surface area contributed by atoms with E-state index in [1.165, 1.54) is 18.5 Å². The number of hydrogen-bond acceptors (Lipinski definition) is 2. The molecule has 0 N–H and O–H groups in total. The van der Waals surface area contributed by atoms with E-state index in [0.717, 1.165) is 25.9 Å². The van der Waals surface area contributed by atoms with Gasteiger partial charge in [0, 0.05) is 31.1 Å². The molecule has 1 aliphatic heterocycles. The molecule has 18 heavy (non-hydrogen) atoms. The quantitative estimate of drug-likeness (QED) is 0.780. The van der Waals surface area contributed by atoms with Crippen LogP contribution in [0.3, 0.4) is 0 Å². The first-order valence-electron chi connectivity index (χ1n) is 5.86. The van der Waals surface area contributed by atoms with Crippen molar-refractivity contribution in [2.45, 2.75) is 38.1 Å². The second-order valence-corrected chi connectivity index (χ2v) is 4.39. The first kappa shape index (κ1) is 13.1. The third kappa shape index (κ3) is 3.13. The maximum Gasteiger partial charge on any atom is 0.454 e. The first-order valence-corrected chi connectivity index (χ1v) is 5.86. The molecule has 2 heterocycles. The molecular weight excluding hydrogens is 247 g/mol. The van der Waals surface area contributed by atoms with Crippen molar-refractivity contribution in [2.75, 3.05) is 6.61 Å². The average Bonchev–Trinajstić information content (AvgIpc) is 2.95. The molecule has 0 aliphatic carbocycles. The van der Waals surface area contributed by atoms with Gasteiger partial charge in [0.2, 0.25) is 0 Å². The van der Waals surface area contributed by atoms with Crippen molar-refractivity contribution < 1.29 is 22.7 Å². The summed E-state index contributed by atoms with van der Waals surface area (Å²) in [5.41, 5.74) is -0.310. The molecule has 0 bridgehead atoms. The third-order valence-electron chi connectivity index (χ3n) is 3.00. The Morgan fingerprint density at radius 2 is 2.28 bits per heavy atom. The van der Waals surface area contributed by atoms with E-state index in [1.54, 1.807) is 4.57 Å². The minimum atomic E-state index is -4.80. The van der Waals surface area contributed by atoms with Crippen LogP contribution in [0.1, 0.15) is 29.6 Å². The fourth-order valence-corrected chi connectivity index (χ4v) is 2.04. The number of carbonyl (C=O) groups excluding carboxylic acids is 1. The van der Waals surface area contributed by atoms with E-state index in [1.807, 2.05) is 0 Å². The Hall–Kier alpha value is -1.30. The molecule has 0 saturated carbocycles. The van der Waals surface area contributed by atoms with Gasteiger partial charge in [0.1, 0.15) is 0 Å². The Kier molecular flexibility index (Phi) is 3.75. The highest BCUT2D eigenvalue weighted by Gasteiger charge is 2.39. The molecule has 0 aromatic carbocycles. The number of alkyl halides is 3. The van der Waals surface area contributed by atoms with Crippen LogP contribution in [0, 0.1) is 0 Å². The average molecular weight is 261 g/mol. The Morgan fingerprint density at radius 1 is 1.50 bits per heavy atom. The summed E-state index contributed by atoms with van der Waals surface area (Å²) in [6.45, 7) is 1.32. The SMILES string of the molecule is O=C(c1ccn(CCC2CCCO2)c1)C(F)(F)F. The lowest BCUT2D eigenvalue weighted by molar-refractivity contribution is -0.0885. The monoisotopic (exact) mass is 261 g/mol. The lowest BCUT2D eigenvalue weighted by Gasteiger charge is -2.09. The lowest BCUT2D eigenvalue weighted by atomic mass is 10.2. The predicted molar refractivity (Wildman–Crippen MR) is 58.4 cm³/mol. The van der Waals surface area contributed by atoms with Crippen LogP contribution in [0.4, 0.5) is 13.2 Å². The van der Waals surface area contributed by atoms with Crippen molar-refractivity contribution in [2.24, 2.45) is 0 Å². The van der Waals surface area contributed by atoms with Gasteiger partial charge in [-0.1, -0.05) is 0 Å². The number of aryl methyl sites for hydroxylation is 1. The maximum absolute atomic E-state index is 12.2. The number of rotatable bonds is 4. The maximum atomic E-state index is 12.2. The van der Waals surface area contributed by atoms with Crippen molar-refractivity contribution in [1.29, 1.82) is 0 Å². The van der Waals surface area contributed by atoms with Crippen LogP contribution in [0.25, 0.3) is 0 Å². The van der Waals surface area contributed by atoms with E-state index in [0.29, 0.717) is 6.54 Å². The third-order valence-corrected chi connectivity index (χ3v) is 3.00. The van der Waals surface area contributed by atoms with Crippen molar-refractivity contribution in [3.05, 3.63) is 24.0 Å². The van der Waals surface area contributed by atoms with Gasteiger partial charge in [-0.25, -0.2) is 0 Å². The van der Waals surface area contributed by atoms with Gasteiger partial charge in [-0.15, -0.1) is 0 Å². The molecule has 1 unspecified atom stereocenters. The second kappa shape index (κ2) is 5.14. The highest BCUT2D eigenvalue weighted by Crippen LogP contribution is 2.22. The van der Waals surface area contributed by atoms with Crippen molar-refractivity contribution in [3.8, 4) is 0 Å². The summed E-state index contributed by atoms with van der Waals surface area (Å²) < 4.78 is 43.6. The van der Waals surface area contributed by atoms with Gasteiger partial charge in [0.25, 0.3) is 5.78 Å². The topological polar surface area (TPSA) is 31.2 Å². The van der Waals surface area contributed by atoms with Crippen LogP contribution in [-0.4, -0.2) is 29.2 Å². The summed E-state index contributed by atoms with van der Waals surface area (Å²) in [6.07, 6.45) is 0.909. The summed E-state index contributed by atoms with van der Waals surface area (Å²) in [5, 5.41) is 0. The van der Waals surface area contributed by atoms with Gasteiger partial charge < -0.3 is 9.30 Å². The zero-order chi connectivity index (χ0) is 13.2. The molecular formula is C12H14F3NO2. The Bertz CT molecular complexity index is 419. The minimum absolute atomic E-state index is 0.189. The minimum Gasteiger partial charge on any atom is -0.378 e. The number of aromatic nitrogens is 1. The number of nitrogens with zero attached hydrogens (tertiary/aromatic N) is 1. The Morgan fingerprint density at radius 3 is 2.89 bits per heavy atom. The fraction of sp³-hybridized carbons (Fsp3) is 0.583. The molecule has 6 heteroatoms. The van der Waals surface area contributed by atoms with Crippen LogP contribution in [0.15, 0.2) is 18.5 Å². The molecule has 3 nitrogen and oxygen atoms in total. The largest absolute Gasteiger partial charge is 0.454 e. The van der Waals surface area contributed by atoms with E-state index >= 15 is 0 Å². The standard InChI is InChI=1S/C12H14F3NO2/c13-12(14,15)11(17)9-3-5-16(8-9)6-4-10-2-1-7-18-10/h3,5,8,10H,1-2,4,6-7H2. The number of halogens is 3.